The zero-order chi connectivity index (χ0) is 26.0. The first-order chi connectivity index (χ1) is 16.5. The van der Waals surface area contributed by atoms with Crippen molar-refractivity contribution in [3.63, 3.8) is 0 Å². The summed E-state index contributed by atoms with van der Waals surface area (Å²) in [7, 11) is -2.55. The van der Waals surface area contributed by atoms with E-state index in [2.05, 4.69) is 20.3 Å². The van der Waals surface area contributed by atoms with Crippen LogP contribution in [0.4, 0.5) is 0 Å². The third kappa shape index (κ3) is 8.85. The molecule has 12 heteroatoms. The zero-order valence-electron chi connectivity index (χ0n) is 19.6. The van der Waals surface area contributed by atoms with Gasteiger partial charge in [0, 0.05) is 25.0 Å². The van der Waals surface area contributed by atoms with Gasteiger partial charge in [-0.2, -0.15) is 4.72 Å². The highest BCUT2D eigenvalue weighted by Gasteiger charge is 2.29. The van der Waals surface area contributed by atoms with Gasteiger partial charge in [0.2, 0.25) is 21.8 Å². The van der Waals surface area contributed by atoms with Crippen LogP contribution in [-0.4, -0.2) is 51.9 Å². The van der Waals surface area contributed by atoms with Crippen molar-refractivity contribution < 1.29 is 18.0 Å². The van der Waals surface area contributed by atoms with Gasteiger partial charge in [-0.1, -0.05) is 41.9 Å². The Labute approximate surface area is 210 Å². The summed E-state index contributed by atoms with van der Waals surface area (Å²) in [4.78, 5) is 29.0. The highest BCUT2D eigenvalue weighted by atomic mass is 35.5. The van der Waals surface area contributed by atoms with Gasteiger partial charge in [-0.3, -0.25) is 14.6 Å². The van der Waals surface area contributed by atoms with Gasteiger partial charge in [0.1, 0.15) is 12.1 Å². The largest absolute Gasteiger partial charge is 0.370 e. The molecule has 2 rings (SSSR count). The van der Waals surface area contributed by atoms with Crippen molar-refractivity contribution in [2.45, 2.75) is 43.2 Å². The summed E-state index contributed by atoms with van der Waals surface area (Å²) in [5.74, 6) is -1.18. The van der Waals surface area contributed by atoms with E-state index in [0.717, 1.165) is 5.56 Å². The molecular weight excluding hydrogens is 492 g/mol. The standard InChI is InChI=1S/C23H31ClN6O4S/c1-15-13-17(24)10-11-20(15)35(33,34)30-18(9-6-12-28-23(26)27-2)22(32)29-19(21(25)31)14-16-7-4-3-5-8-16/h3-5,7-8,10-11,13,18-19,30H,6,9,12,14H2,1-2H3,(H2,25,31)(H,29,32)(H3,26,27,28)/t18-,19-/m0/s1. The molecule has 0 aliphatic carbocycles. The van der Waals surface area contributed by atoms with E-state index in [1.54, 1.807) is 31.2 Å². The predicted molar refractivity (Wildman–Crippen MR) is 136 cm³/mol. The molecule has 0 fully saturated rings. The van der Waals surface area contributed by atoms with Crippen molar-refractivity contribution >= 4 is 39.4 Å². The minimum absolute atomic E-state index is 0.00378. The molecule has 2 aromatic carbocycles. The Morgan fingerprint density at radius 1 is 1.09 bits per heavy atom. The fourth-order valence-corrected chi connectivity index (χ4v) is 5.04. The van der Waals surface area contributed by atoms with E-state index in [0.29, 0.717) is 23.6 Å². The summed E-state index contributed by atoms with van der Waals surface area (Å²) >= 11 is 5.95. The number of nitrogens with one attached hydrogen (secondary N) is 3. The monoisotopic (exact) mass is 522 g/mol. The summed E-state index contributed by atoms with van der Waals surface area (Å²) in [6, 6.07) is 11.2. The Bertz CT molecular complexity index is 1160. The Kier molecular flexibility index (Phi) is 10.5. The minimum Gasteiger partial charge on any atom is -0.370 e. The predicted octanol–water partition coefficient (Wildman–Crippen LogP) is 0.822. The molecule has 7 N–H and O–H groups in total. The van der Waals surface area contributed by atoms with Crippen molar-refractivity contribution in [1.29, 1.82) is 0 Å². The van der Waals surface area contributed by atoms with Crippen LogP contribution in [0.5, 0.6) is 0 Å². The molecule has 0 bridgehead atoms. The molecule has 0 spiro atoms. The van der Waals surface area contributed by atoms with Gasteiger partial charge in [-0.05, 0) is 49.1 Å². The van der Waals surface area contributed by atoms with Crippen LogP contribution in [0.2, 0.25) is 5.02 Å². The number of guanidine groups is 1. The smallest absolute Gasteiger partial charge is 0.241 e. The lowest BCUT2D eigenvalue weighted by Gasteiger charge is -2.22. The van der Waals surface area contributed by atoms with Crippen LogP contribution < -0.4 is 26.8 Å². The first-order valence-electron chi connectivity index (χ1n) is 10.9. The Morgan fingerprint density at radius 2 is 1.77 bits per heavy atom. The summed E-state index contributed by atoms with van der Waals surface area (Å²) < 4.78 is 28.6. The van der Waals surface area contributed by atoms with E-state index in [1.807, 2.05) is 6.07 Å². The number of primary amides is 1. The lowest BCUT2D eigenvalue weighted by atomic mass is 10.0. The molecule has 35 heavy (non-hydrogen) atoms. The van der Waals surface area contributed by atoms with E-state index < -0.39 is 33.9 Å². The van der Waals surface area contributed by atoms with Gasteiger partial charge < -0.3 is 22.1 Å². The maximum Gasteiger partial charge on any atom is 0.241 e. The summed E-state index contributed by atoms with van der Waals surface area (Å²) in [5, 5.41) is 5.84. The summed E-state index contributed by atoms with van der Waals surface area (Å²) in [6.45, 7) is 1.97. The number of carbonyl (C=O) groups is 2. The molecule has 0 unspecified atom stereocenters. The molecule has 0 aliphatic rings. The molecule has 0 aliphatic heterocycles. The average Bonchev–Trinajstić information content (AvgIpc) is 2.80. The number of nitrogens with two attached hydrogens (primary N) is 2. The number of hydrogen-bond acceptors (Lipinski definition) is 5. The van der Waals surface area contributed by atoms with Gasteiger partial charge in [-0.25, -0.2) is 8.42 Å². The lowest BCUT2D eigenvalue weighted by molar-refractivity contribution is -0.128. The van der Waals surface area contributed by atoms with Gasteiger partial charge in [0.15, 0.2) is 5.96 Å². The first kappa shape index (κ1) is 28.1. The van der Waals surface area contributed by atoms with E-state index >= 15 is 0 Å². The van der Waals surface area contributed by atoms with E-state index in [4.69, 9.17) is 23.1 Å². The Morgan fingerprint density at radius 3 is 2.37 bits per heavy atom. The normalized spacial score (nSPS) is 13.6. The van der Waals surface area contributed by atoms with Crippen LogP contribution in [-0.2, 0) is 26.0 Å². The summed E-state index contributed by atoms with van der Waals surface area (Å²) in [5.41, 5.74) is 12.4. The van der Waals surface area contributed by atoms with Crippen molar-refractivity contribution in [3.8, 4) is 0 Å². The zero-order valence-corrected chi connectivity index (χ0v) is 21.2. The maximum atomic E-state index is 13.1. The number of benzene rings is 2. The highest BCUT2D eigenvalue weighted by molar-refractivity contribution is 7.89. The van der Waals surface area contributed by atoms with E-state index in [-0.39, 0.29) is 23.7 Å². The fraction of sp³-hybridized carbons (Fsp3) is 0.348. The topological polar surface area (TPSA) is 169 Å². The molecule has 0 radical (unpaired) electrons. The third-order valence-corrected chi connectivity index (χ3v) is 7.07. The molecule has 10 nitrogen and oxygen atoms in total. The van der Waals surface area contributed by atoms with Crippen molar-refractivity contribution in [2.75, 3.05) is 13.6 Å². The number of sulfonamides is 1. The number of amides is 2. The SMILES string of the molecule is CN=C(N)NCCC[C@H](NS(=O)(=O)c1ccc(Cl)cc1C)C(=O)N[C@@H](Cc1ccccc1)C(N)=O. The first-order valence-corrected chi connectivity index (χ1v) is 12.8. The van der Waals surface area contributed by atoms with Crippen molar-refractivity contribution in [1.82, 2.24) is 15.4 Å². The quantitative estimate of drug-likeness (QED) is 0.157. The van der Waals surface area contributed by atoms with Crippen LogP contribution in [0.15, 0.2) is 58.4 Å². The third-order valence-electron chi connectivity index (χ3n) is 5.20. The van der Waals surface area contributed by atoms with E-state index in [9.17, 15) is 18.0 Å². The Hall–Kier alpha value is -3.15. The fourth-order valence-electron chi connectivity index (χ4n) is 3.36. The van der Waals surface area contributed by atoms with Crippen LogP contribution in [0, 0.1) is 6.92 Å². The molecule has 0 heterocycles. The minimum atomic E-state index is -4.08. The molecule has 2 aromatic rings. The number of nitrogens with zero attached hydrogens (tertiary/aromatic N) is 1. The molecule has 0 aromatic heterocycles. The molecular formula is C23H31ClN6O4S. The second-order valence-electron chi connectivity index (χ2n) is 7.91. The van der Waals surface area contributed by atoms with Gasteiger partial charge >= 0.3 is 0 Å². The second-order valence-corrected chi connectivity index (χ2v) is 10.0. The second kappa shape index (κ2) is 13.1. The number of hydrogen-bond donors (Lipinski definition) is 5. The van der Waals surface area contributed by atoms with Crippen LogP contribution >= 0.6 is 11.6 Å². The molecule has 2 amide bonds. The number of rotatable bonds is 12. The summed E-state index contributed by atoms with van der Waals surface area (Å²) in [6.07, 6.45) is 0.678. The van der Waals surface area contributed by atoms with Crippen LogP contribution in [0.1, 0.15) is 24.0 Å². The molecule has 0 saturated carbocycles. The van der Waals surface area contributed by atoms with Crippen LogP contribution in [0.3, 0.4) is 0 Å². The number of aliphatic imine (C=N–C) groups is 1. The number of aryl methyl sites for hydroxylation is 1. The number of carbonyl (C=O) groups excluding carboxylic acids is 2. The van der Waals surface area contributed by atoms with Crippen molar-refractivity contribution in [3.05, 3.63) is 64.7 Å². The van der Waals surface area contributed by atoms with Gasteiger partial charge in [0.05, 0.1) is 4.90 Å². The van der Waals surface area contributed by atoms with Crippen molar-refractivity contribution in [2.24, 2.45) is 16.5 Å². The maximum absolute atomic E-state index is 13.1. The number of halogens is 1. The molecule has 0 saturated heterocycles. The van der Waals surface area contributed by atoms with Crippen LogP contribution in [0.25, 0.3) is 0 Å². The molecule has 190 valence electrons. The highest BCUT2D eigenvalue weighted by Crippen LogP contribution is 2.20. The lowest BCUT2D eigenvalue weighted by Crippen LogP contribution is -2.53. The van der Waals surface area contributed by atoms with Gasteiger partial charge in [-0.15, -0.1) is 0 Å². The average molecular weight is 523 g/mol. The molecule has 2 atom stereocenters. The Balaban J connectivity index is 2.22. The van der Waals surface area contributed by atoms with Gasteiger partial charge in [0.25, 0.3) is 0 Å². The van der Waals surface area contributed by atoms with E-state index in [1.165, 1.54) is 25.2 Å².